The summed E-state index contributed by atoms with van der Waals surface area (Å²) in [5.74, 6) is -0.298. The summed E-state index contributed by atoms with van der Waals surface area (Å²) in [5.41, 5.74) is -0.444. The maximum absolute atomic E-state index is 13.1. The minimum absolute atomic E-state index is 0.141. The highest BCUT2D eigenvalue weighted by Crippen LogP contribution is 2.30. The molecule has 0 bridgehead atoms. The normalized spacial score (nSPS) is 10.9. The van der Waals surface area contributed by atoms with Crippen LogP contribution in [0.25, 0.3) is 0 Å². The second-order valence-corrected chi connectivity index (χ2v) is 7.07. The van der Waals surface area contributed by atoms with Gasteiger partial charge in [0.25, 0.3) is 15.7 Å². The van der Waals surface area contributed by atoms with Gasteiger partial charge in [-0.15, -0.1) is 0 Å². The van der Waals surface area contributed by atoms with Crippen molar-refractivity contribution in [1.82, 2.24) is 0 Å². The van der Waals surface area contributed by atoms with E-state index >= 15 is 0 Å². The Morgan fingerprint density at radius 1 is 1.15 bits per heavy atom. The third kappa shape index (κ3) is 4.53. The van der Waals surface area contributed by atoms with E-state index < -0.39 is 38.0 Å². The van der Waals surface area contributed by atoms with Crippen LogP contribution in [0.5, 0.6) is 5.75 Å². The molecule has 0 saturated carbocycles. The number of esters is 1. The number of carbonyl (C=O) groups is 1. The number of benzene rings is 2. The van der Waals surface area contributed by atoms with Crippen LogP contribution in [0, 0.1) is 10.1 Å². The Bertz CT molecular complexity index is 927. The molecule has 0 amide bonds. The lowest BCUT2D eigenvalue weighted by molar-refractivity contribution is -0.387. The van der Waals surface area contributed by atoms with Gasteiger partial charge in [-0.05, 0) is 37.3 Å². The monoisotopic (exact) mass is 394 g/mol. The molecule has 0 atom stereocenters. The van der Waals surface area contributed by atoms with E-state index in [0.717, 1.165) is 23.5 Å². The average Bonchev–Trinajstić information content (AvgIpc) is 2.66. The zero-order valence-electron chi connectivity index (χ0n) is 14.7. The lowest BCUT2D eigenvalue weighted by Gasteiger charge is -2.23. The Morgan fingerprint density at radius 2 is 1.78 bits per heavy atom. The zero-order chi connectivity index (χ0) is 20.0. The minimum atomic E-state index is -4.41. The predicted octanol–water partition coefficient (Wildman–Crippen LogP) is 2.36. The van der Waals surface area contributed by atoms with Crippen LogP contribution in [0.2, 0.25) is 0 Å². The van der Waals surface area contributed by atoms with E-state index in [4.69, 9.17) is 4.74 Å². The zero-order valence-corrected chi connectivity index (χ0v) is 15.5. The molecule has 0 N–H and O–H groups in total. The van der Waals surface area contributed by atoms with Crippen molar-refractivity contribution in [2.24, 2.45) is 0 Å². The molecular weight excluding hydrogens is 376 g/mol. The van der Waals surface area contributed by atoms with Gasteiger partial charge in [-0.25, -0.2) is 8.42 Å². The SMILES string of the molecule is CCOc1ccc(N(CC(=O)OC)S(=O)(=O)c2ccccc2[N+](=O)[O-])cc1. The number of methoxy groups -OCH3 is 1. The molecule has 0 aliphatic rings. The summed E-state index contributed by atoms with van der Waals surface area (Å²) in [7, 11) is -3.29. The molecule has 144 valence electrons. The number of sulfonamides is 1. The van der Waals surface area contributed by atoms with Crippen LogP contribution in [0.3, 0.4) is 0 Å². The fraction of sp³-hybridized carbons (Fsp3) is 0.235. The van der Waals surface area contributed by atoms with Crippen molar-refractivity contribution in [3.05, 3.63) is 58.6 Å². The van der Waals surface area contributed by atoms with Crippen LogP contribution in [0.15, 0.2) is 53.4 Å². The highest BCUT2D eigenvalue weighted by molar-refractivity contribution is 7.93. The van der Waals surface area contributed by atoms with Crippen molar-refractivity contribution < 1.29 is 27.6 Å². The van der Waals surface area contributed by atoms with Gasteiger partial charge in [-0.1, -0.05) is 12.1 Å². The minimum Gasteiger partial charge on any atom is -0.494 e. The van der Waals surface area contributed by atoms with Crippen molar-refractivity contribution in [2.45, 2.75) is 11.8 Å². The Hall–Kier alpha value is -3.14. The van der Waals surface area contributed by atoms with Crippen LogP contribution in [0.4, 0.5) is 11.4 Å². The van der Waals surface area contributed by atoms with Crippen molar-refractivity contribution in [2.75, 3.05) is 24.6 Å². The van der Waals surface area contributed by atoms with E-state index in [0.29, 0.717) is 12.4 Å². The Kier molecular flexibility index (Phi) is 6.35. The van der Waals surface area contributed by atoms with Crippen molar-refractivity contribution in [3.63, 3.8) is 0 Å². The summed E-state index contributed by atoms with van der Waals surface area (Å²) in [5, 5.41) is 11.2. The number of hydrogen-bond donors (Lipinski definition) is 0. The van der Waals surface area contributed by atoms with Gasteiger partial charge in [0.15, 0.2) is 4.90 Å². The van der Waals surface area contributed by atoms with Gasteiger partial charge in [0.2, 0.25) is 0 Å². The molecule has 2 aromatic rings. The number of para-hydroxylation sites is 1. The van der Waals surface area contributed by atoms with Crippen LogP contribution < -0.4 is 9.04 Å². The number of anilines is 1. The summed E-state index contributed by atoms with van der Waals surface area (Å²) < 4.78 is 36.9. The number of rotatable bonds is 8. The van der Waals surface area contributed by atoms with Gasteiger partial charge < -0.3 is 9.47 Å². The first-order chi connectivity index (χ1) is 12.8. The molecule has 0 radical (unpaired) electrons. The molecule has 0 saturated heterocycles. The first-order valence-corrected chi connectivity index (χ1v) is 9.31. The third-order valence-electron chi connectivity index (χ3n) is 3.57. The molecule has 2 aromatic carbocycles. The molecule has 0 fully saturated rings. The number of nitro benzene ring substituents is 1. The van der Waals surface area contributed by atoms with Gasteiger partial charge >= 0.3 is 5.97 Å². The third-order valence-corrected chi connectivity index (χ3v) is 5.39. The van der Waals surface area contributed by atoms with Crippen molar-refractivity contribution in [1.29, 1.82) is 0 Å². The molecule has 0 aliphatic heterocycles. The van der Waals surface area contributed by atoms with Gasteiger partial charge in [0, 0.05) is 6.07 Å². The molecule has 0 spiro atoms. The number of nitrogens with zero attached hydrogens (tertiary/aromatic N) is 2. The fourth-order valence-electron chi connectivity index (χ4n) is 2.32. The van der Waals surface area contributed by atoms with E-state index in [-0.39, 0.29) is 5.69 Å². The summed E-state index contributed by atoms with van der Waals surface area (Å²) in [6.07, 6.45) is 0. The summed E-state index contributed by atoms with van der Waals surface area (Å²) in [4.78, 5) is 21.7. The average molecular weight is 394 g/mol. The van der Waals surface area contributed by atoms with Gasteiger partial charge in [0.1, 0.15) is 12.3 Å². The molecular formula is C17H18N2O7S. The maximum atomic E-state index is 13.1. The molecule has 10 heteroatoms. The lowest BCUT2D eigenvalue weighted by Crippen LogP contribution is -2.36. The lowest BCUT2D eigenvalue weighted by atomic mass is 10.3. The number of nitro groups is 1. The van der Waals surface area contributed by atoms with Crippen LogP contribution >= 0.6 is 0 Å². The highest BCUT2D eigenvalue weighted by Gasteiger charge is 2.33. The number of hydrogen-bond acceptors (Lipinski definition) is 7. The topological polar surface area (TPSA) is 116 Å². The molecule has 0 heterocycles. The fourth-order valence-corrected chi connectivity index (χ4v) is 3.89. The van der Waals surface area contributed by atoms with Gasteiger partial charge in [-0.3, -0.25) is 19.2 Å². The Morgan fingerprint density at radius 3 is 2.33 bits per heavy atom. The van der Waals surface area contributed by atoms with E-state index in [9.17, 15) is 23.3 Å². The molecule has 2 rings (SSSR count). The first-order valence-electron chi connectivity index (χ1n) is 7.87. The second-order valence-electron chi connectivity index (χ2n) is 5.24. The molecule has 0 unspecified atom stereocenters. The largest absolute Gasteiger partial charge is 0.494 e. The quantitative estimate of drug-likeness (QED) is 0.383. The van der Waals surface area contributed by atoms with Crippen LogP contribution in [-0.4, -0.2) is 39.6 Å². The van der Waals surface area contributed by atoms with Crippen LogP contribution in [0.1, 0.15) is 6.92 Å². The Labute approximate surface area is 156 Å². The molecule has 0 aliphatic carbocycles. The number of carbonyl (C=O) groups excluding carboxylic acids is 1. The van der Waals surface area contributed by atoms with Gasteiger partial charge in [0.05, 0.1) is 24.3 Å². The van der Waals surface area contributed by atoms with Crippen molar-refractivity contribution in [3.8, 4) is 5.75 Å². The number of ether oxygens (including phenoxy) is 2. The highest BCUT2D eigenvalue weighted by atomic mass is 32.2. The molecule has 0 aromatic heterocycles. The summed E-state index contributed by atoms with van der Waals surface area (Å²) in [6.45, 7) is 1.59. The molecule has 27 heavy (non-hydrogen) atoms. The second kappa shape index (κ2) is 8.49. The smallest absolute Gasteiger partial charge is 0.326 e. The Balaban J connectivity index is 2.56. The van der Waals surface area contributed by atoms with E-state index in [1.807, 2.05) is 0 Å². The van der Waals surface area contributed by atoms with Crippen molar-refractivity contribution >= 4 is 27.4 Å². The summed E-state index contributed by atoms with van der Waals surface area (Å²) >= 11 is 0. The standard InChI is InChI=1S/C17H18N2O7S/c1-3-26-14-10-8-13(9-11-14)18(12-17(20)25-2)27(23,24)16-7-5-4-6-15(16)19(21)22/h4-11H,3,12H2,1-2H3. The van der Waals surface area contributed by atoms with Crippen LogP contribution in [-0.2, 0) is 19.6 Å². The maximum Gasteiger partial charge on any atom is 0.326 e. The van der Waals surface area contributed by atoms with E-state index in [2.05, 4.69) is 4.74 Å². The summed E-state index contributed by atoms with van der Waals surface area (Å²) in [6, 6.07) is 10.9. The van der Waals surface area contributed by atoms with E-state index in [1.54, 1.807) is 6.92 Å². The van der Waals surface area contributed by atoms with E-state index in [1.165, 1.54) is 36.4 Å². The first kappa shape index (κ1) is 20.2. The van der Waals surface area contributed by atoms with Gasteiger partial charge in [-0.2, -0.15) is 0 Å². The predicted molar refractivity (Wildman–Crippen MR) is 97.3 cm³/mol. The molecule has 9 nitrogen and oxygen atoms in total.